The second-order valence-corrected chi connectivity index (χ2v) is 5.63. The van der Waals surface area contributed by atoms with Gasteiger partial charge in [-0.2, -0.15) is 0 Å². The lowest BCUT2D eigenvalue weighted by Crippen LogP contribution is -2.25. The fourth-order valence-corrected chi connectivity index (χ4v) is 2.33. The summed E-state index contributed by atoms with van der Waals surface area (Å²) in [5.74, 6) is -0.0709. The van der Waals surface area contributed by atoms with E-state index in [4.69, 9.17) is 4.74 Å². The number of hydrogen-bond acceptors (Lipinski definition) is 5. The number of hydrogen-bond donors (Lipinski definition) is 2. The second-order valence-electron chi connectivity index (χ2n) is 5.63. The highest BCUT2D eigenvalue weighted by atomic mass is 16.5. The third-order valence-electron chi connectivity index (χ3n) is 3.74. The maximum Gasteiger partial charge on any atom is 0.274 e. The van der Waals surface area contributed by atoms with Crippen LogP contribution in [0.3, 0.4) is 0 Å². The van der Waals surface area contributed by atoms with Gasteiger partial charge in [0.1, 0.15) is 17.1 Å². The molecular formula is C20H18N4O3. The van der Waals surface area contributed by atoms with E-state index in [0.29, 0.717) is 18.0 Å². The number of carbonyl (C=O) groups excluding carboxylic acids is 2. The fraction of sp³-hybridized carbons (Fsp3) is 0.100. The van der Waals surface area contributed by atoms with Gasteiger partial charge in [-0.25, -0.2) is 4.98 Å². The van der Waals surface area contributed by atoms with Crippen LogP contribution in [0.15, 0.2) is 67.0 Å². The van der Waals surface area contributed by atoms with E-state index in [1.54, 1.807) is 68.0 Å². The van der Waals surface area contributed by atoms with Crippen molar-refractivity contribution in [1.29, 1.82) is 0 Å². The molecule has 0 atom stereocenters. The van der Waals surface area contributed by atoms with E-state index in [9.17, 15) is 9.59 Å². The molecule has 0 bridgehead atoms. The molecule has 0 radical (unpaired) electrons. The lowest BCUT2D eigenvalue weighted by Gasteiger charge is -2.08. The van der Waals surface area contributed by atoms with E-state index in [1.807, 2.05) is 6.07 Å². The largest absolute Gasteiger partial charge is 0.497 e. The zero-order chi connectivity index (χ0) is 19.1. The van der Waals surface area contributed by atoms with Gasteiger partial charge >= 0.3 is 0 Å². The van der Waals surface area contributed by atoms with Crippen molar-refractivity contribution >= 4 is 17.5 Å². The summed E-state index contributed by atoms with van der Waals surface area (Å²) >= 11 is 0. The average molecular weight is 362 g/mol. The van der Waals surface area contributed by atoms with Gasteiger partial charge in [-0.05, 0) is 48.0 Å². The van der Waals surface area contributed by atoms with Crippen LogP contribution in [0, 0.1) is 0 Å². The van der Waals surface area contributed by atoms with Crippen LogP contribution in [0.2, 0.25) is 0 Å². The van der Waals surface area contributed by atoms with Gasteiger partial charge in [-0.3, -0.25) is 14.6 Å². The molecule has 0 spiro atoms. The lowest BCUT2D eigenvalue weighted by molar-refractivity contribution is 0.0945. The van der Waals surface area contributed by atoms with Crippen LogP contribution in [-0.4, -0.2) is 28.9 Å². The van der Waals surface area contributed by atoms with E-state index in [1.165, 1.54) is 0 Å². The maximum atomic E-state index is 12.4. The molecule has 0 aliphatic rings. The Labute approximate surface area is 156 Å². The zero-order valence-electron chi connectivity index (χ0n) is 14.7. The van der Waals surface area contributed by atoms with Crippen molar-refractivity contribution in [3.8, 4) is 5.75 Å². The number of methoxy groups -OCH3 is 1. The molecule has 0 aliphatic carbocycles. The normalized spacial score (nSPS) is 10.1. The summed E-state index contributed by atoms with van der Waals surface area (Å²) in [6.07, 6.45) is 3.34. The first-order valence-corrected chi connectivity index (χ1v) is 8.25. The van der Waals surface area contributed by atoms with Gasteiger partial charge in [0.05, 0.1) is 7.11 Å². The van der Waals surface area contributed by atoms with Gasteiger partial charge in [-0.15, -0.1) is 0 Å². The molecule has 1 aromatic carbocycles. The van der Waals surface area contributed by atoms with Crippen molar-refractivity contribution in [3.05, 3.63) is 83.9 Å². The highest BCUT2D eigenvalue weighted by molar-refractivity contribution is 6.03. The Bertz CT molecular complexity index is 927. The smallest absolute Gasteiger partial charge is 0.274 e. The molecule has 0 saturated carbocycles. The first-order valence-electron chi connectivity index (χ1n) is 8.25. The average Bonchev–Trinajstić information content (AvgIpc) is 2.73. The summed E-state index contributed by atoms with van der Waals surface area (Å²) in [6.45, 7) is 0.330. The van der Waals surface area contributed by atoms with Crippen molar-refractivity contribution in [2.45, 2.75) is 6.54 Å². The maximum absolute atomic E-state index is 12.4. The topological polar surface area (TPSA) is 93.2 Å². The number of carbonyl (C=O) groups is 2. The number of amides is 2. The Hall–Kier alpha value is -3.74. The number of aromatic nitrogens is 2. The molecule has 0 aliphatic heterocycles. The monoisotopic (exact) mass is 362 g/mol. The van der Waals surface area contributed by atoms with Crippen LogP contribution in [-0.2, 0) is 6.54 Å². The van der Waals surface area contributed by atoms with Crippen molar-refractivity contribution in [2.24, 2.45) is 0 Å². The summed E-state index contributed by atoms with van der Waals surface area (Å²) in [6, 6.07) is 15.3. The third kappa shape index (κ3) is 4.88. The standard InChI is InChI=1S/C20H18N4O3/c1-27-16-9-7-15(8-10-16)23-20(26)18-6-2-5-17(24-18)19(25)22-13-14-4-3-11-21-12-14/h2-12H,13H2,1H3,(H,22,25)(H,23,26). The molecule has 2 N–H and O–H groups in total. The molecule has 0 unspecified atom stereocenters. The fourth-order valence-electron chi connectivity index (χ4n) is 2.33. The van der Waals surface area contributed by atoms with Crippen LogP contribution < -0.4 is 15.4 Å². The third-order valence-corrected chi connectivity index (χ3v) is 3.74. The number of nitrogens with zero attached hydrogens (tertiary/aromatic N) is 2. The Kier molecular flexibility index (Phi) is 5.73. The summed E-state index contributed by atoms with van der Waals surface area (Å²) in [5.41, 5.74) is 1.80. The van der Waals surface area contributed by atoms with Crippen molar-refractivity contribution in [1.82, 2.24) is 15.3 Å². The lowest BCUT2D eigenvalue weighted by atomic mass is 10.2. The van der Waals surface area contributed by atoms with Crippen LogP contribution in [0.5, 0.6) is 5.75 Å². The van der Waals surface area contributed by atoms with Crippen molar-refractivity contribution in [2.75, 3.05) is 12.4 Å². The number of benzene rings is 1. The summed E-state index contributed by atoms with van der Waals surface area (Å²) in [4.78, 5) is 32.8. The molecule has 2 aromatic heterocycles. The SMILES string of the molecule is COc1ccc(NC(=O)c2cccc(C(=O)NCc3cccnc3)n2)cc1. The molecule has 27 heavy (non-hydrogen) atoms. The first-order chi connectivity index (χ1) is 13.2. The van der Waals surface area contributed by atoms with Crippen LogP contribution in [0.4, 0.5) is 5.69 Å². The minimum absolute atomic E-state index is 0.153. The summed E-state index contributed by atoms with van der Waals surface area (Å²) < 4.78 is 5.08. The molecule has 7 nitrogen and oxygen atoms in total. The van der Waals surface area contributed by atoms with Gasteiger partial charge in [-0.1, -0.05) is 12.1 Å². The predicted octanol–water partition coefficient (Wildman–Crippen LogP) is 2.67. The molecule has 2 amide bonds. The van der Waals surface area contributed by atoms with Gasteiger partial charge in [0.25, 0.3) is 11.8 Å². The van der Waals surface area contributed by atoms with E-state index in [2.05, 4.69) is 20.6 Å². The van der Waals surface area contributed by atoms with Crippen molar-refractivity contribution < 1.29 is 14.3 Å². The van der Waals surface area contributed by atoms with Crippen LogP contribution in [0.25, 0.3) is 0 Å². The molecule has 2 heterocycles. The Morgan fingerprint density at radius 2 is 1.70 bits per heavy atom. The van der Waals surface area contributed by atoms with Crippen molar-refractivity contribution in [3.63, 3.8) is 0 Å². The van der Waals surface area contributed by atoms with Gasteiger partial charge in [0.15, 0.2) is 0 Å². The molecule has 0 fully saturated rings. The quantitative estimate of drug-likeness (QED) is 0.703. The Morgan fingerprint density at radius 1 is 0.963 bits per heavy atom. The molecule has 3 rings (SSSR count). The van der Waals surface area contributed by atoms with Gasteiger partial charge in [0, 0.05) is 24.6 Å². The molecule has 3 aromatic rings. The Balaban J connectivity index is 1.64. The zero-order valence-corrected chi connectivity index (χ0v) is 14.7. The molecule has 0 saturated heterocycles. The number of nitrogens with one attached hydrogen (secondary N) is 2. The number of ether oxygens (including phenoxy) is 1. The minimum atomic E-state index is -0.401. The molecule has 136 valence electrons. The molecule has 7 heteroatoms. The van der Waals surface area contributed by atoms with E-state index in [0.717, 1.165) is 5.56 Å². The summed E-state index contributed by atoms with van der Waals surface area (Å²) in [7, 11) is 1.57. The first kappa shape index (κ1) is 18.1. The van der Waals surface area contributed by atoms with E-state index >= 15 is 0 Å². The highest BCUT2D eigenvalue weighted by Gasteiger charge is 2.12. The van der Waals surface area contributed by atoms with Gasteiger partial charge in [0.2, 0.25) is 0 Å². The summed E-state index contributed by atoms with van der Waals surface area (Å²) in [5, 5.41) is 5.49. The minimum Gasteiger partial charge on any atom is -0.497 e. The van der Waals surface area contributed by atoms with Crippen LogP contribution in [0.1, 0.15) is 26.5 Å². The second kappa shape index (κ2) is 8.57. The van der Waals surface area contributed by atoms with E-state index in [-0.39, 0.29) is 17.3 Å². The predicted molar refractivity (Wildman–Crippen MR) is 101 cm³/mol. The Morgan fingerprint density at radius 3 is 2.37 bits per heavy atom. The number of pyridine rings is 2. The highest BCUT2D eigenvalue weighted by Crippen LogP contribution is 2.15. The van der Waals surface area contributed by atoms with Crippen LogP contribution >= 0.6 is 0 Å². The number of rotatable bonds is 6. The van der Waals surface area contributed by atoms with E-state index < -0.39 is 5.91 Å². The van der Waals surface area contributed by atoms with Gasteiger partial charge < -0.3 is 15.4 Å². The molecular weight excluding hydrogens is 344 g/mol. The number of anilines is 1.